The third kappa shape index (κ3) is 5.37. The molecule has 1 aromatic carbocycles. The van der Waals surface area contributed by atoms with E-state index < -0.39 is 45.0 Å². The van der Waals surface area contributed by atoms with Gasteiger partial charge in [-0.1, -0.05) is 0 Å². The summed E-state index contributed by atoms with van der Waals surface area (Å²) in [6.07, 6.45) is -0.320. The molecule has 1 aromatic rings. The molecule has 0 saturated heterocycles. The number of rotatable bonds is 7. The lowest BCUT2D eigenvalue weighted by atomic mass is 10.3. The van der Waals surface area contributed by atoms with Crippen LogP contribution in [0, 0.1) is 11.6 Å². The van der Waals surface area contributed by atoms with Crippen molar-refractivity contribution >= 4 is 21.9 Å². The fourth-order valence-corrected chi connectivity index (χ4v) is 2.35. The molecule has 0 spiro atoms. The SMILES string of the molecule is CNC(=O)COC(=O)CCNS(=O)(=O)c1ccc(F)c(F)c1. The van der Waals surface area contributed by atoms with Crippen LogP contribution in [0.25, 0.3) is 0 Å². The summed E-state index contributed by atoms with van der Waals surface area (Å²) in [4.78, 5) is 21.6. The van der Waals surface area contributed by atoms with E-state index in [4.69, 9.17) is 0 Å². The first kappa shape index (κ1) is 18.0. The number of sulfonamides is 1. The minimum atomic E-state index is -4.07. The van der Waals surface area contributed by atoms with E-state index in [-0.39, 0.29) is 13.0 Å². The number of benzene rings is 1. The molecule has 10 heteroatoms. The van der Waals surface area contributed by atoms with Crippen LogP contribution in [0.4, 0.5) is 8.78 Å². The summed E-state index contributed by atoms with van der Waals surface area (Å²) in [6.45, 7) is -0.779. The van der Waals surface area contributed by atoms with E-state index in [1.165, 1.54) is 7.05 Å². The number of carbonyl (C=O) groups excluding carboxylic acids is 2. The van der Waals surface area contributed by atoms with Crippen molar-refractivity contribution in [3.05, 3.63) is 29.8 Å². The van der Waals surface area contributed by atoms with E-state index in [0.29, 0.717) is 12.1 Å². The molecule has 0 unspecified atom stereocenters. The Labute approximate surface area is 125 Å². The van der Waals surface area contributed by atoms with Crippen molar-refractivity contribution in [1.29, 1.82) is 0 Å². The highest BCUT2D eigenvalue weighted by Gasteiger charge is 2.17. The Morgan fingerprint density at radius 3 is 2.50 bits per heavy atom. The molecule has 1 amide bonds. The van der Waals surface area contributed by atoms with Crippen molar-refractivity contribution in [3.8, 4) is 0 Å². The van der Waals surface area contributed by atoms with E-state index in [1.54, 1.807) is 0 Å². The molecule has 0 fully saturated rings. The van der Waals surface area contributed by atoms with E-state index in [0.717, 1.165) is 6.07 Å². The molecule has 0 aliphatic carbocycles. The maximum Gasteiger partial charge on any atom is 0.307 e. The number of nitrogens with one attached hydrogen (secondary N) is 2. The van der Waals surface area contributed by atoms with Crippen LogP contribution in [0.5, 0.6) is 0 Å². The van der Waals surface area contributed by atoms with Crippen LogP contribution in [-0.4, -0.2) is 40.5 Å². The summed E-state index contributed by atoms with van der Waals surface area (Å²) in [7, 11) is -2.71. The highest BCUT2D eigenvalue weighted by Crippen LogP contribution is 2.13. The van der Waals surface area contributed by atoms with Crippen LogP contribution in [0.1, 0.15) is 6.42 Å². The molecule has 0 heterocycles. The van der Waals surface area contributed by atoms with Crippen LogP contribution in [0.15, 0.2) is 23.1 Å². The van der Waals surface area contributed by atoms with Crippen molar-refractivity contribution in [3.63, 3.8) is 0 Å². The number of carbonyl (C=O) groups is 2. The van der Waals surface area contributed by atoms with E-state index in [2.05, 4.69) is 10.1 Å². The average Bonchev–Trinajstić information content (AvgIpc) is 2.47. The quantitative estimate of drug-likeness (QED) is 0.678. The van der Waals surface area contributed by atoms with E-state index in [9.17, 15) is 26.8 Å². The number of ether oxygens (including phenoxy) is 1. The van der Waals surface area contributed by atoms with Gasteiger partial charge in [-0.25, -0.2) is 21.9 Å². The number of hydrogen-bond acceptors (Lipinski definition) is 5. The van der Waals surface area contributed by atoms with Gasteiger partial charge in [0.2, 0.25) is 10.0 Å². The highest BCUT2D eigenvalue weighted by atomic mass is 32.2. The molecule has 0 saturated carbocycles. The average molecular weight is 336 g/mol. The Hall–Kier alpha value is -2.07. The molecule has 2 N–H and O–H groups in total. The predicted molar refractivity (Wildman–Crippen MR) is 71.2 cm³/mol. The first-order valence-electron chi connectivity index (χ1n) is 6.07. The third-order valence-corrected chi connectivity index (χ3v) is 3.92. The molecule has 7 nitrogen and oxygen atoms in total. The van der Waals surface area contributed by atoms with Gasteiger partial charge in [0.15, 0.2) is 18.2 Å². The second kappa shape index (κ2) is 7.80. The van der Waals surface area contributed by atoms with Crippen LogP contribution < -0.4 is 10.0 Å². The van der Waals surface area contributed by atoms with Crippen molar-refractivity contribution in [1.82, 2.24) is 10.0 Å². The second-order valence-corrected chi connectivity index (χ2v) is 5.82. The normalized spacial score (nSPS) is 11.0. The first-order chi connectivity index (χ1) is 10.3. The fraction of sp³-hybridized carbons (Fsp3) is 0.333. The van der Waals surface area contributed by atoms with Gasteiger partial charge in [0, 0.05) is 13.6 Å². The molecule has 0 radical (unpaired) electrons. The molecular formula is C12H14F2N2O5S. The zero-order valence-electron chi connectivity index (χ0n) is 11.6. The summed E-state index contributed by atoms with van der Waals surface area (Å²) in [5, 5.41) is 2.24. The van der Waals surface area contributed by atoms with Gasteiger partial charge in [0.1, 0.15) is 0 Å². The molecular weight excluding hydrogens is 322 g/mol. The fourth-order valence-electron chi connectivity index (χ4n) is 1.31. The molecule has 0 bridgehead atoms. The van der Waals surface area contributed by atoms with Crippen LogP contribution in [0.2, 0.25) is 0 Å². The Morgan fingerprint density at radius 2 is 1.91 bits per heavy atom. The Morgan fingerprint density at radius 1 is 1.23 bits per heavy atom. The molecule has 0 aromatic heterocycles. The van der Waals surface area contributed by atoms with Gasteiger partial charge in [-0.15, -0.1) is 0 Å². The number of hydrogen-bond donors (Lipinski definition) is 2. The highest BCUT2D eigenvalue weighted by molar-refractivity contribution is 7.89. The monoisotopic (exact) mass is 336 g/mol. The lowest BCUT2D eigenvalue weighted by Gasteiger charge is -2.07. The Balaban J connectivity index is 2.51. The molecule has 0 aliphatic rings. The molecule has 22 heavy (non-hydrogen) atoms. The van der Waals surface area contributed by atoms with Crippen molar-refractivity contribution < 1.29 is 31.5 Å². The van der Waals surface area contributed by atoms with Crippen LogP contribution >= 0.6 is 0 Å². The van der Waals surface area contributed by atoms with Gasteiger partial charge in [-0.05, 0) is 18.2 Å². The number of likely N-dealkylation sites (N-methyl/N-ethyl adjacent to an activating group) is 1. The van der Waals surface area contributed by atoms with E-state index >= 15 is 0 Å². The first-order valence-corrected chi connectivity index (χ1v) is 7.55. The summed E-state index contributed by atoms with van der Waals surface area (Å²) in [5.74, 6) is -3.75. The van der Waals surface area contributed by atoms with Crippen LogP contribution in [0.3, 0.4) is 0 Å². The molecule has 1 rings (SSSR count). The zero-order valence-corrected chi connectivity index (χ0v) is 12.4. The lowest BCUT2D eigenvalue weighted by Crippen LogP contribution is -2.29. The molecule has 0 aliphatic heterocycles. The summed E-state index contributed by atoms with van der Waals surface area (Å²) in [5.41, 5.74) is 0. The number of halogens is 2. The maximum atomic E-state index is 13.0. The van der Waals surface area contributed by atoms with Gasteiger partial charge in [-0.3, -0.25) is 9.59 Å². The van der Waals surface area contributed by atoms with Gasteiger partial charge in [0.25, 0.3) is 5.91 Å². The lowest BCUT2D eigenvalue weighted by molar-refractivity contribution is -0.148. The largest absolute Gasteiger partial charge is 0.456 e. The van der Waals surface area contributed by atoms with Crippen LogP contribution in [-0.2, 0) is 24.3 Å². The zero-order chi connectivity index (χ0) is 16.8. The summed E-state index contributed by atoms with van der Waals surface area (Å²) in [6, 6.07) is 2.10. The van der Waals surface area contributed by atoms with Gasteiger partial charge in [-0.2, -0.15) is 0 Å². The molecule has 122 valence electrons. The van der Waals surface area contributed by atoms with Crippen molar-refractivity contribution in [2.45, 2.75) is 11.3 Å². The number of amides is 1. The summed E-state index contributed by atoms with van der Waals surface area (Å²) >= 11 is 0. The van der Waals surface area contributed by atoms with Crippen molar-refractivity contribution in [2.24, 2.45) is 0 Å². The third-order valence-electron chi connectivity index (χ3n) is 2.47. The Kier molecular flexibility index (Phi) is 6.38. The molecule has 0 atom stereocenters. The Bertz CT molecular complexity index is 663. The summed E-state index contributed by atoms with van der Waals surface area (Å²) < 4.78 is 55.9. The van der Waals surface area contributed by atoms with Crippen molar-refractivity contribution in [2.75, 3.05) is 20.2 Å². The minimum absolute atomic E-state index is 0.312. The van der Waals surface area contributed by atoms with Gasteiger partial charge < -0.3 is 10.1 Å². The predicted octanol–water partition coefficient (Wildman–Crippen LogP) is -0.0776. The van der Waals surface area contributed by atoms with E-state index in [1.807, 2.05) is 4.72 Å². The van der Waals surface area contributed by atoms with Gasteiger partial charge >= 0.3 is 5.97 Å². The number of esters is 1. The standard InChI is InChI=1S/C12H14F2N2O5S/c1-15-11(17)7-21-12(18)4-5-16-22(19,20)8-2-3-9(13)10(14)6-8/h2-3,6,16H,4-5,7H2,1H3,(H,15,17). The topological polar surface area (TPSA) is 102 Å². The minimum Gasteiger partial charge on any atom is -0.456 e. The smallest absolute Gasteiger partial charge is 0.307 e. The second-order valence-electron chi connectivity index (χ2n) is 4.06. The maximum absolute atomic E-state index is 13.0. The van der Waals surface area contributed by atoms with Gasteiger partial charge in [0.05, 0.1) is 11.3 Å².